The van der Waals surface area contributed by atoms with Gasteiger partial charge in [-0.3, -0.25) is 4.57 Å². The zero-order valence-corrected chi connectivity index (χ0v) is 19.8. The van der Waals surface area contributed by atoms with Crippen LogP contribution in [0.4, 0.5) is 5.95 Å². The van der Waals surface area contributed by atoms with Crippen LogP contribution in [0.2, 0.25) is 5.02 Å². The van der Waals surface area contributed by atoms with Gasteiger partial charge in [0.25, 0.3) is 0 Å². The molecule has 0 bridgehead atoms. The molecule has 0 N–H and O–H groups in total. The Morgan fingerprint density at radius 1 is 1.19 bits per heavy atom. The summed E-state index contributed by atoms with van der Waals surface area (Å²) in [6.07, 6.45) is 6.56. The van der Waals surface area contributed by atoms with Gasteiger partial charge in [-0.25, -0.2) is 4.98 Å². The number of thioether (sulfide) groups is 1. The second-order valence-electron chi connectivity index (χ2n) is 8.62. The predicted molar refractivity (Wildman–Crippen MR) is 126 cm³/mol. The van der Waals surface area contributed by atoms with Gasteiger partial charge in [-0.05, 0) is 43.7 Å². The number of piperidine rings is 1. The van der Waals surface area contributed by atoms with Crippen LogP contribution in [0.5, 0.6) is 0 Å². The van der Waals surface area contributed by atoms with E-state index in [0.29, 0.717) is 22.4 Å². The summed E-state index contributed by atoms with van der Waals surface area (Å²) in [5.74, 6) is 3.69. The average molecular weight is 474 g/mol. The van der Waals surface area contributed by atoms with Crippen LogP contribution in [0.25, 0.3) is 11.3 Å². The van der Waals surface area contributed by atoms with E-state index in [9.17, 15) is 0 Å². The lowest BCUT2D eigenvalue weighted by Gasteiger charge is -2.31. The van der Waals surface area contributed by atoms with E-state index in [0.717, 1.165) is 61.7 Å². The number of oxazole rings is 1. The van der Waals surface area contributed by atoms with Gasteiger partial charge in [-0.1, -0.05) is 42.4 Å². The summed E-state index contributed by atoms with van der Waals surface area (Å²) in [6, 6.07) is 7.60. The molecule has 0 saturated carbocycles. The molecule has 0 aliphatic carbocycles. The third-order valence-corrected chi connectivity index (χ3v) is 7.35. The smallest absolute Gasteiger partial charge is 0.228 e. The van der Waals surface area contributed by atoms with Crippen LogP contribution in [0, 0.1) is 5.92 Å². The summed E-state index contributed by atoms with van der Waals surface area (Å²) < 4.78 is 14.1. The minimum atomic E-state index is 0.226. The van der Waals surface area contributed by atoms with E-state index in [1.54, 1.807) is 18.0 Å². The molecule has 3 aromatic rings. The van der Waals surface area contributed by atoms with E-state index in [-0.39, 0.29) is 6.10 Å². The molecule has 0 amide bonds. The minimum absolute atomic E-state index is 0.226. The van der Waals surface area contributed by atoms with Crippen molar-refractivity contribution in [1.29, 1.82) is 0 Å². The highest BCUT2D eigenvalue weighted by atomic mass is 35.5. The van der Waals surface area contributed by atoms with E-state index in [1.807, 2.05) is 24.3 Å². The predicted octanol–water partition coefficient (Wildman–Crippen LogP) is 5.29. The summed E-state index contributed by atoms with van der Waals surface area (Å²) in [6.45, 7) is 6.00. The Morgan fingerprint density at radius 2 is 2.06 bits per heavy atom. The fraction of sp³-hybridized carbons (Fsp3) is 0.522. The zero-order valence-electron chi connectivity index (χ0n) is 18.2. The van der Waals surface area contributed by atoms with E-state index in [2.05, 4.69) is 31.6 Å². The summed E-state index contributed by atoms with van der Waals surface area (Å²) >= 11 is 7.71. The Hall–Kier alpha value is -2.03. The van der Waals surface area contributed by atoms with Crippen LogP contribution in [0.1, 0.15) is 38.5 Å². The third kappa shape index (κ3) is 4.97. The molecule has 2 saturated heterocycles. The first-order valence-electron chi connectivity index (χ1n) is 11.3. The van der Waals surface area contributed by atoms with Gasteiger partial charge in [0.2, 0.25) is 11.8 Å². The molecule has 0 radical (unpaired) electrons. The van der Waals surface area contributed by atoms with E-state index >= 15 is 0 Å². The van der Waals surface area contributed by atoms with Crippen molar-refractivity contribution in [3.8, 4) is 11.3 Å². The van der Waals surface area contributed by atoms with Gasteiger partial charge in [0, 0.05) is 30.3 Å². The first kappa shape index (κ1) is 21.8. The first-order valence-corrected chi connectivity index (χ1v) is 12.7. The fourth-order valence-electron chi connectivity index (χ4n) is 4.26. The number of anilines is 1. The van der Waals surface area contributed by atoms with Crippen molar-refractivity contribution in [3.05, 3.63) is 41.4 Å². The molecule has 2 fully saturated rings. The topological polar surface area (TPSA) is 69.2 Å². The number of aromatic nitrogens is 4. The molecule has 7 nitrogen and oxygen atoms in total. The number of halogens is 1. The second-order valence-corrected chi connectivity index (χ2v) is 9.99. The third-order valence-electron chi connectivity index (χ3n) is 6.16. The maximum Gasteiger partial charge on any atom is 0.228 e. The van der Waals surface area contributed by atoms with Crippen molar-refractivity contribution in [1.82, 2.24) is 19.7 Å². The van der Waals surface area contributed by atoms with E-state index in [1.165, 1.54) is 12.8 Å². The second kappa shape index (κ2) is 9.85. The summed E-state index contributed by atoms with van der Waals surface area (Å²) in [5, 5.41) is 10.7. The number of nitrogens with zero attached hydrogens (tertiary/aromatic N) is 5. The molecule has 4 heterocycles. The monoisotopic (exact) mass is 473 g/mol. The van der Waals surface area contributed by atoms with E-state index in [4.69, 9.17) is 20.8 Å². The van der Waals surface area contributed by atoms with Gasteiger partial charge >= 0.3 is 0 Å². The molecular weight excluding hydrogens is 446 g/mol. The number of benzene rings is 1. The number of rotatable bonds is 7. The minimum Gasteiger partial charge on any atom is -0.440 e. The standard InChI is InChI=1S/C23H28ClN5O2S/c1-16-7-9-28(10-8-16)22-26-27-23(29(22)14-19-6-3-11-30-19)32-15-21-25-13-20(31-21)17-4-2-5-18(24)12-17/h2,4-5,12-13,16,19H,3,6-11,14-15H2,1H3. The molecule has 1 atom stereocenters. The molecule has 170 valence electrons. The van der Waals surface area contributed by atoms with Crippen LogP contribution >= 0.6 is 23.4 Å². The quantitative estimate of drug-likeness (QED) is 0.431. The number of hydrogen-bond donors (Lipinski definition) is 0. The number of ether oxygens (including phenoxy) is 1. The highest BCUT2D eigenvalue weighted by molar-refractivity contribution is 7.98. The van der Waals surface area contributed by atoms with Crippen molar-refractivity contribution in [2.45, 2.75) is 56.2 Å². The van der Waals surface area contributed by atoms with Crippen LogP contribution < -0.4 is 4.90 Å². The van der Waals surface area contributed by atoms with Crippen LogP contribution in [0.15, 0.2) is 40.0 Å². The lowest BCUT2D eigenvalue weighted by atomic mass is 10.00. The van der Waals surface area contributed by atoms with Crippen molar-refractivity contribution >= 4 is 29.3 Å². The number of hydrogen-bond acceptors (Lipinski definition) is 7. The van der Waals surface area contributed by atoms with Crippen LogP contribution in [-0.2, 0) is 17.0 Å². The van der Waals surface area contributed by atoms with Crippen molar-refractivity contribution in [2.75, 3.05) is 24.6 Å². The zero-order chi connectivity index (χ0) is 21.9. The van der Waals surface area contributed by atoms with Crippen molar-refractivity contribution in [3.63, 3.8) is 0 Å². The van der Waals surface area contributed by atoms with Crippen molar-refractivity contribution in [2.24, 2.45) is 5.92 Å². The highest BCUT2D eigenvalue weighted by Crippen LogP contribution is 2.30. The molecule has 1 aromatic carbocycles. The van der Waals surface area contributed by atoms with Gasteiger partial charge in [0.1, 0.15) is 0 Å². The molecule has 0 spiro atoms. The Kier molecular flexibility index (Phi) is 6.71. The SMILES string of the molecule is CC1CCN(c2nnc(SCc3ncc(-c4cccc(Cl)c4)o3)n2CC2CCCO2)CC1. The largest absolute Gasteiger partial charge is 0.440 e. The Balaban J connectivity index is 1.31. The van der Waals surface area contributed by atoms with Gasteiger partial charge in [0.05, 0.1) is 24.6 Å². The highest BCUT2D eigenvalue weighted by Gasteiger charge is 2.26. The molecule has 2 aliphatic rings. The normalized spacial score (nSPS) is 19.7. The van der Waals surface area contributed by atoms with Crippen LogP contribution in [-0.4, -0.2) is 45.5 Å². The van der Waals surface area contributed by atoms with Gasteiger partial charge in [-0.2, -0.15) is 0 Å². The molecule has 32 heavy (non-hydrogen) atoms. The van der Waals surface area contributed by atoms with Gasteiger partial charge in [-0.15, -0.1) is 10.2 Å². The lowest BCUT2D eigenvalue weighted by molar-refractivity contribution is 0.0951. The van der Waals surface area contributed by atoms with E-state index < -0.39 is 0 Å². The Morgan fingerprint density at radius 3 is 2.84 bits per heavy atom. The average Bonchev–Trinajstić information content (AvgIpc) is 3.55. The first-order chi connectivity index (χ1) is 15.7. The van der Waals surface area contributed by atoms with Crippen LogP contribution in [0.3, 0.4) is 0 Å². The van der Waals surface area contributed by atoms with Crippen molar-refractivity contribution < 1.29 is 9.15 Å². The molecule has 2 aromatic heterocycles. The Bertz CT molecular complexity index is 1040. The maximum atomic E-state index is 6.11. The maximum absolute atomic E-state index is 6.11. The van der Waals surface area contributed by atoms with Gasteiger partial charge in [0.15, 0.2) is 10.9 Å². The summed E-state index contributed by atoms with van der Waals surface area (Å²) in [7, 11) is 0. The molecule has 5 rings (SSSR count). The molecular formula is C23H28ClN5O2S. The molecule has 9 heteroatoms. The van der Waals surface area contributed by atoms with Gasteiger partial charge < -0.3 is 14.1 Å². The summed E-state index contributed by atoms with van der Waals surface area (Å²) in [5.41, 5.74) is 0.921. The Labute approximate surface area is 197 Å². The fourth-order valence-corrected chi connectivity index (χ4v) is 5.25. The lowest BCUT2D eigenvalue weighted by Crippen LogP contribution is -2.35. The molecule has 2 aliphatic heterocycles. The summed E-state index contributed by atoms with van der Waals surface area (Å²) in [4.78, 5) is 6.82. The molecule has 1 unspecified atom stereocenters.